The Morgan fingerprint density at radius 3 is 2.44 bits per heavy atom. The maximum atomic E-state index is 13.6. The van der Waals surface area contributed by atoms with Gasteiger partial charge in [0.2, 0.25) is 5.92 Å². The van der Waals surface area contributed by atoms with E-state index in [-0.39, 0.29) is 24.7 Å². The molecule has 1 aliphatic rings. The fraction of sp³-hybridized carbons (Fsp3) is 0.583. The Morgan fingerprint density at radius 1 is 1.38 bits per heavy atom. The molecule has 2 rings (SSSR count). The number of hydrogen-bond acceptors (Lipinski definition) is 1. The zero-order chi connectivity index (χ0) is 11.9. The molecule has 0 unspecified atom stereocenters. The van der Waals surface area contributed by atoms with Crippen LogP contribution in [0.25, 0.3) is 0 Å². The molecule has 0 bridgehead atoms. The van der Waals surface area contributed by atoms with E-state index in [0.717, 1.165) is 0 Å². The minimum absolute atomic E-state index is 0.145. The summed E-state index contributed by atoms with van der Waals surface area (Å²) < 4.78 is 39.0. The second kappa shape index (κ2) is 3.75. The summed E-state index contributed by atoms with van der Waals surface area (Å²) in [6.45, 7) is 3.83. The first-order valence-corrected chi connectivity index (χ1v) is 5.42. The van der Waals surface area contributed by atoms with Crippen molar-refractivity contribution in [3.63, 3.8) is 0 Å². The van der Waals surface area contributed by atoms with Crippen LogP contribution in [0.15, 0.2) is 12.3 Å². The first kappa shape index (κ1) is 11.4. The van der Waals surface area contributed by atoms with Crippen LogP contribution in [0.2, 0.25) is 0 Å². The number of hydrogen-bond donors (Lipinski definition) is 0. The highest BCUT2D eigenvalue weighted by Gasteiger charge is 2.46. The van der Waals surface area contributed by atoms with Crippen LogP contribution in [0.1, 0.15) is 49.8 Å². The Labute approximate surface area is 92.7 Å². The third-order valence-electron chi connectivity index (χ3n) is 3.02. The summed E-state index contributed by atoms with van der Waals surface area (Å²) in [6, 6.07) is 1.36. The van der Waals surface area contributed by atoms with Crippen molar-refractivity contribution in [3.8, 4) is 0 Å². The van der Waals surface area contributed by atoms with Gasteiger partial charge in [-0.25, -0.2) is 13.2 Å². The summed E-state index contributed by atoms with van der Waals surface area (Å²) in [5.41, 5.74) is 0.989. The van der Waals surface area contributed by atoms with Crippen molar-refractivity contribution in [2.24, 2.45) is 0 Å². The highest BCUT2D eigenvalue weighted by Crippen LogP contribution is 2.48. The molecule has 16 heavy (non-hydrogen) atoms. The molecule has 4 heteroatoms. The summed E-state index contributed by atoms with van der Waals surface area (Å²) in [5.74, 6) is -3.25. The van der Waals surface area contributed by atoms with Crippen LogP contribution < -0.4 is 0 Å². The van der Waals surface area contributed by atoms with Gasteiger partial charge in [0, 0.05) is 30.3 Å². The Balaban J connectivity index is 2.18. The number of nitrogens with zero attached hydrogens (tertiary/aromatic N) is 1. The first-order valence-electron chi connectivity index (χ1n) is 5.42. The van der Waals surface area contributed by atoms with E-state index in [2.05, 4.69) is 4.98 Å². The van der Waals surface area contributed by atoms with Gasteiger partial charge in [0.15, 0.2) is 0 Å². The Hall–Kier alpha value is -1.06. The van der Waals surface area contributed by atoms with E-state index in [1.165, 1.54) is 12.3 Å². The predicted octanol–water partition coefficient (Wildman–Crippen LogP) is 3.86. The van der Waals surface area contributed by atoms with Gasteiger partial charge in [-0.05, 0) is 17.9 Å². The van der Waals surface area contributed by atoms with E-state index in [1.807, 2.05) is 13.8 Å². The molecule has 0 atom stereocenters. The normalized spacial score (nSPS) is 19.9. The van der Waals surface area contributed by atoms with Crippen molar-refractivity contribution in [1.29, 1.82) is 0 Å². The van der Waals surface area contributed by atoms with Gasteiger partial charge in [0.25, 0.3) is 0 Å². The summed E-state index contributed by atoms with van der Waals surface area (Å²) in [5, 5.41) is 0. The average molecular weight is 229 g/mol. The van der Waals surface area contributed by atoms with Crippen molar-refractivity contribution in [3.05, 3.63) is 29.3 Å². The first-order chi connectivity index (χ1) is 7.39. The molecule has 1 aliphatic carbocycles. The SMILES string of the molecule is CC(C)c1cc(F)c(C2CC(F)(F)C2)cn1. The van der Waals surface area contributed by atoms with E-state index in [1.54, 1.807) is 0 Å². The molecule has 0 aromatic carbocycles. The summed E-state index contributed by atoms with van der Waals surface area (Å²) in [7, 11) is 0. The molecule has 0 spiro atoms. The lowest BCUT2D eigenvalue weighted by atomic mass is 9.77. The van der Waals surface area contributed by atoms with E-state index in [4.69, 9.17) is 0 Å². The third-order valence-corrected chi connectivity index (χ3v) is 3.02. The second-order valence-corrected chi connectivity index (χ2v) is 4.75. The smallest absolute Gasteiger partial charge is 0.249 e. The Bertz CT molecular complexity index is 393. The van der Waals surface area contributed by atoms with Crippen molar-refractivity contribution < 1.29 is 13.2 Å². The molecule has 0 saturated heterocycles. The van der Waals surface area contributed by atoms with E-state index in [9.17, 15) is 13.2 Å². The van der Waals surface area contributed by atoms with Crippen molar-refractivity contribution in [2.45, 2.75) is 44.4 Å². The number of aromatic nitrogens is 1. The molecular weight excluding hydrogens is 215 g/mol. The number of pyridine rings is 1. The van der Waals surface area contributed by atoms with Gasteiger partial charge in [-0.2, -0.15) is 0 Å². The maximum absolute atomic E-state index is 13.6. The number of alkyl halides is 2. The molecule has 0 N–H and O–H groups in total. The minimum atomic E-state index is -2.62. The predicted molar refractivity (Wildman–Crippen MR) is 55.2 cm³/mol. The second-order valence-electron chi connectivity index (χ2n) is 4.75. The van der Waals surface area contributed by atoms with E-state index >= 15 is 0 Å². The largest absolute Gasteiger partial charge is 0.261 e. The Morgan fingerprint density at radius 2 is 2.00 bits per heavy atom. The standard InChI is InChI=1S/C12H14F3N/c1-7(2)11-3-10(13)9(6-16-11)8-4-12(14,15)5-8/h3,6-8H,4-5H2,1-2H3. The zero-order valence-electron chi connectivity index (χ0n) is 9.30. The molecule has 0 radical (unpaired) electrons. The fourth-order valence-corrected chi connectivity index (χ4v) is 1.95. The van der Waals surface area contributed by atoms with Gasteiger partial charge in [-0.3, -0.25) is 4.98 Å². The molecule has 1 aromatic heterocycles. The van der Waals surface area contributed by atoms with Gasteiger partial charge in [-0.15, -0.1) is 0 Å². The molecule has 1 saturated carbocycles. The van der Waals surface area contributed by atoms with Crippen molar-refractivity contribution >= 4 is 0 Å². The monoisotopic (exact) mass is 229 g/mol. The lowest BCUT2D eigenvalue weighted by molar-refractivity contribution is -0.0873. The van der Waals surface area contributed by atoms with Crippen LogP contribution in [-0.2, 0) is 0 Å². The number of rotatable bonds is 2. The molecule has 1 heterocycles. The summed E-state index contributed by atoms with van der Waals surface area (Å²) in [4.78, 5) is 4.10. The quantitative estimate of drug-likeness (QED) is 0.750. The van der Waals surface area contributed by atoms with Crippen LogP contribution in [0, 0.1) is 5.82 Å². The summed E-state index contributed by atoms with van der Waals surface area (Å²) in [6.07, 6.45) is 0.893. The van der Waals surface area contributed by atoms with Gasteiger partial charge in [-0.1, -0.05) is 13.8 Å². The molecule has 88 valence electrons. The van der Waals surface area contributed by atoms with Crippen LogP contribution in [0.3, 0.4) is 0 Å². The lowest BCUT2D eigenvalue weighted by Crippen LogP contribution is -2.34. The molecular formula is C12H14F3N. The summed E-state index contributed by atoms with van der Waals surface area (Å²) >= 11 is 0. The topological polar surface area (TPSA) is 12.9 Å². The van der Waals surface area contributed by atoms with Gasteiger partial charge in [0.05, 0.1) is 0 Å². The molecule has 0 amide bonds. The molecule has 1 aromatic rings. The number of halogens is 3. The fourth-order valence-electron chi connectivity index (χ4n) is 1.95. The highest BCUT2D eigenvalue weighted by atomic mass is 19.3. The molecule has 1 nitrogen and oxygen atoms in total. The van der Waals surface area contributed by atoms with Crippen molar-refractivity contribution in [1.82, 2.24) is 4.98 Å². The zero-order valence-corrected chi connectivity index (χ0v) is 9.30. The molecule has 1 fully saturated rings. The van der Waals surface area contributed by atoms with Gasteiger partial charge >= 0.3 is 0 Å². The maximum Gasteiger partial charge on any atom is 0.249 e. The molecule has 0 aliphatic heterocycles. The van der Waals surface area contributed by atoms with E-state index < -0.39 is 11.7 Å². The Kier molecular flexibility index (Phi) is 2.68. The van der Waals surface area contributed by atoms with Gasteiger partial charge in [0.1, 0.15) is 5.82 Å². The van der Waals surface area contributed by atoms with Gasteiger partial charge < -0.3 is 0 Å². The van der Waals surface area contributed by atoms with Crippen LogP contribution in [0.5, 0.6) is 0 Å². The minimum Gasteiger partial charge on any atom is -0.261 e. The lowest BCUT2D eigenvalue weighted by Gasteiger charge is -2.35. The van der Waals surface area contributed by atoms with Crippen molar-refractivity contribution in [2.75, 3.05) is 0 Å². The van der Waals surface area contributed by atoms with Crippen LogP contribution in [0.4, 0.5) is 13.2 Å². The third kappa shape index (κ3) is 2.06. The average Bonchev–Trinajstić information content (AvgIpc) is 2.13. The van der Waals surface area contributed by atoms with E-state index in [0.29, 0.717) is 11.3 Å². The van der Waals surface area contributed by atoms with Crippen LogP contribution in [-0.4, -0.2) is 10.9 Å². The van der Waals surface area contributed by atoms with Crippen LogP contribution >= 0.6 is 0 Å². The highest BCUT2D eigenvalue weighted by molar-refractivity contribution is 5.25.